The molecule has 0 aliphatic rings. The van der Waals surface area contributed by atoms with E-state index in [1.807, 2.05) is 0 Å². The quantitative estimate of drug-likeness (QED) is 0.859. The molecule has 3 N–H and O–H groups in total. The molecule has 1 unspecified atom stereocenters. The van der Waals surface area contributed by atoms with E-state index >= 15 is 0 Å². The number of halogens is 2. The van der Waals surface area contributed by atoms with Crippen molar-refractivity contribution in [3.05, 3.63) is 28.2 Å². The van der Waals surface area contributed by atoms with Crippen molar-refractivity contribution in [2.75, 3.05) is 6.54 Å². The van der Waals surface area contributed by atoms with Gasteiger partial charge in [-0.05, 0) is 25.1 Å². The molecule has 0 spiro atoms. The number of carbonyl (C=O) groups is 2. The molecule has 2 amide bonds. The van der Waals surface area contributed by atoms with Crippen LogP contribution in [0.15, 0.2) is 18.2 Å². The summed E-state index contributed by atoms with van der Waals surface area (Å²) in [4.78, 5) is 22.0. The van der Waals surface area contributed by atoms with Crippen molar-refractivity contribution in [3.63, 3.8) is 0 Å². The molecule has 0 heterocycles. The molecular weight excluding hydrogens is 279 g/mol. The fourth-order valence-electron chi connectivity index (χ4n) is 1.13. The van der Waals surface area contributed by atoms with Crippen LogP contribution in [0.2, 0.25) is 10.0 Å². The van der Waals surface area contributed by atoms with Crippen LogP contribution in [0.4, 0.5) is 0 Å². The van der Waals surface area contributed by atoms with Gasteiger partial charge >= 0.3 is 0 Å². The lowest BCUT2D eigenvalue weighted by atomic mass is 10.3. The molecule has 18 heavy (non-hydrogen) atoms. The van der Waals surface area contributed by atoms with E-state index in [-0.39, 0.29) is 6.54 Å². The summed E-state index contributed by atoms with van der Waals surface area (Å²) in [5.41, 5.74) is 4.90. The number of amides is 2. The second-order valence-electron chi connectivity index (χ2n) is 3.52. The standard InChI is InChI=1S/C11H12Cl2N2O3/c1-6(11(17)15-5-10(14)16)18-9-3-2-7(12)4-8(9)13/h2-4,6H,5H2,1H3,(H2,14,16)(H,15,17). The molecule has 0 bridgehead atoms. The Kier molecular flexibility index (Phi) is 5.25. The molecule has 0 fully saturated rings. The van der Waals surface area contributed by atoms with Crippen LogP contribution in [0.3, 0.4) is 0 Å². The van der Waals surface area contributed by atoms with E-state index in [1.54, 1.807) is 12.1 Å². The molecule has 7 heteroatoms. The summed E-state index contributed by atoms with van der Waals surface area (Å²) in [7, 11) is 0. The molecule has 0 aliphatic heterocycles. The third-order valence-electron chi connectivity index (χ3n) is 2.00. The zero-order chi connectivity index (χ0) is 13.7. The second-order valence-corrected chi connectivity index (χ2v) is 4.36. The molecule has 1 atom stereocenters. The number of nitrogens with one attached hydrogen (secondary N) is 1. The van der Waals surface area contributed by atoms with E-state index in [0.29, 0.717) is 15.8 Å². The minimum absolute atomic E-state index is 0.235. The van der Waals surface area contributed by atoms with Crippen LogP contribution in [0.1, 0.15) is 6.92 Å². The first-order valence-corrected chi connectivity index (χ1v) is 5.83. The van der Waals surface area contributed by atoms with Crippen LogP contribution >= 0.6 is 23.2 Å². The average Bonchev–Trinajstić information content (AvgIpc) is 2.29. The van der Waals surface area contributed by atoms with Gasteiger partial charge in [0.15, 0.2) is 6.10 Å². The summed E-state index contributed by atoms with van der Waals surface area (Å²) in [6.07, 6.45) is -0.803. The Morgan fingerprint density at radius 2 is 2.11 bits per heavy atom. The van der Waals surface area contributed by atoms with Crippen LogP contribution in [0.25, 0.3) is 0 Å². The lowest BCUT2D eigenvalue weighted by Crippen LogP contribution is -2.40. The Balaban J connectivity index is 2.60. The maximum atomic E-state index is 11.5. The van der Waals surface area contributed by atoms with E-state index in [1.165, 1.54) is 13.0 Å². The number of primary amides is 1. The van der Waals surface area contributed by atoms with E-state index in [0.717, 1.165) is 0 Å². The number of carbonyl (C=O) groups excluding carboxylic acids is 2. The minimum atomic E-state index is -0.803. The largest absolute Gasteiger partial charge is 0.479 e. The normalized spacial score (nSPS) is 11.7. The van der Waals surface area contributed by atoms with E-state index in [2.05, 4.69) is 5.32 Å². The molecule has 0 aliphatic carbocycles. The first-order chi connectivity index (χ1) is 8.40. The number of hydrogen-bond acceptors (Lipinski definition) is 3. The van der Waals surface area contributed by atoms with Gasteiger partial charge in [0.05, 0.1) is 11.6 Å². The maximum absolute atomic E-state index is 11.5. The summed E-state index contributed by atoms with van der Waals surface area (Å²) in [5.74, 6) is -0.748. The third-order valence-corrected chi connectivity index (χ3v) is 2.53. The van der Waals surface area contributed by atoms with Gasteiger partial charge in [-0.2, -0.15) is 0 Å². The summed E-state index contributed by atoms with van der Waals surface area (Å²) in [6.45, 7) is 1.29. The first kappa shape index (κ1) is 14.6. The predicted molar refractivity (Wildman–Crippen MR) is 68.8 cm³/mol. The highest BCUT2D eigenvalue weighted by Gasteiger charge is 2.16. The van der Waals surface area contributed by atoms with Gasteiger partial charge < -0.3 is 15.8 Å². The third kappa shape index (κ3) is 4.43. The first-order valence-electron chi connectivity index (χ1n) is 5.08. The highest BCUT2D eigenvalue weighted by molar-refractivity contribution is 6.35. The van der Waals surface area contributed by atoms with Crippen molar-refractivity contribution in [2.24, 2.45) is 5.73 Å². The molecule has 0 radical (unpaired) electrons. The maximum Gasteiger partial charge on any atom is 0.261 e. The summed E-state index contributed by atoms with van der Waals surface area (Å²) in [5, 5.41) is 3.10. The number of ether oxygens (including phenoxy) is 1. The van der Waals surface area contributed by atoms with Gasteiger partial charge in [-0.25, -0.2) is 0 Å². The van der Waals surface area contributed by atoms with Crippen LogP contribution in [-0.4, -0.2) is 24.5 Å². The molecule has 1 aromatic rings. The molecule has 0 saturated carbocycles. The van der Waals surface area contributed by atoms with Crippen molar-refractivity contribution >= 4 is 35.0 Å². The highest BCUT2D eigenvalue weighted by Crippen LogP contribution is 2.28. The molecule has 98 valence electrons. The Labute approximate surface area is 114 Å². The topological polar surface area (TPSA) is 81.4 Å². The molecular formula is C11H12Cl2N2O3. The zero-order valence-corrected chi connectivity index (χ0v) is 11.1. The molecule has 1 aromatic carbocycles. The van der Waals surface area contributed by atoms with E-state index < -0.39 is 17.9 Å². The number of benzene rings is 1. The number of nitrogens with two attached hydrogens (primary N) is 1. The van der Waals surface area contributed by atoms with Gasteiger partial charge in [0.1, 0.15) is 5.75 Å². The van der Waals surface area contributed by atoms with Crippen LogP contribution in [-0.2, 0) is 9.59 Å². The second kappa shape index (κ2) is 6.47. The molecule has 5 nitrogen and oxygen atoms in total. The lowest BCUT2D eigenvalue weighted by molar-refractivity contribution is -0.129. The Morgan fingerprint density at radius 3 is 2.67 bits per heavy atom. The van der Waals surface area contributed by atoms with Crippen molar-refractivity contribution in [1.29, 1.82) is 0 Å². The average molecular weight is 291 g/mol. The summed E-state index contributed by atoms with van der Waals surface area (Å²) in [6, 6.07) is 4.66. The lowest BCUT2D eigenvalue weighted by Gasteiger charge is -2.15. The SMILES string of the molecule is CC(Oc1ccc(Cl)cc1Cl)C(=O)NCC(N)=O. The van der Waals surface area contributed by atoms with Gasteiger partial charge in [0.2, 0.25) is 5.91 Å². The smallest absolute Gasteiger partial charge is 0.261 e. The van der Waals surface area contributed by atoms with Crippen molar-refractivity contribution in [3.8, 4) is 5.75 Å². The van der Waals surface area contributed by atoms with E-state index in [4.69, 9.17) is 33.7 Å². The van der Waals surface area contributed by atoms with Crippen LogP contribution in [0, 0.1) is 0 Å². The summed E-state index contributed by atoms with van der Waals surface area (Å²) < 4.78 is 5.34. The number of hydrogen-bond donors (Lipinski definition) is 2. The Hall–Kier alpha value is -1.46. The van der Waals surface area contributed by atoms with Crippen LogP contribution < -0.4 is 15.8 Å². The van der Waals surface area contributed by atoms with Gasteiger partial charge in [-0.15, -0.1) is 0 Å². The predicted octanol–water partition coefficient (Wildman–Crippen LogP) is 1.36. The monoisotopic (exact) mass is 290 g/mol. The van der Waals surface area contributed by atoms with Gasteiger partial charge in [0, 0.05) is 5.02 Å². The summed E-state index contributed by atoms with van der Waals surface area (Å²) >= 11 is 11.6. The van der Waals surface area contributed by atoms with Crippen molar-refractivity contribution < 1.29 is 14.3 Å². The Bertz CT molecular complexity index is 466. The minimum Gasteiger partial charge on any atom is -0.479 e. The van der Waals surface area contributed by atoms with Gasteiger partial charge in [-0.3, -0.25) is 9.59 Å². The number of rotatable bonds is 5. The molecule has 0 saturated heterocycles. The van der Waals surface area contributed by atoms with Gasteiger partial charge in [0.25, 0.3) is 5.91 Å². The van der Waals surface area contributed by atoms with Crippen LogP contribution in [0.5, 0.6) is 5.75 Å². The zero-order valence-electron chi connectivity index (χ0n) is 9.57. The van der Waals surface area contributed by atoms with Gasteiger partial charge in [-0.1, -0.05) is 23.2 Å². The van der Waals surface area contributed by atoms with E-state index in [9.17, 15) is 9.59 Å². The highest BCUT2D eigenvalue weighted by atomic mass is 35.5. The van der Waals surface area contributed by atoms with Crippen molar-refractivity contribution in [1.82, 2.24) is 5.32 Å². The Morgan fingerprint density at radius 1 is 1.44 bits per heavy atom. The molecule has 1 rings (SSSR count). The fourth-order valence-corrected chi connectivity index (χ4v) is 1.59. The van der Waals surface area contributed by atoms with Crippen molar-refractivity contribution in [2.45, 2.75) is 13.0 Å². The fraction of sp³-hybridized carbons (Fsp3) is 0.273. The molecule has 0 aromatic heterocycles.